The van der Waals surface area contributed by atoms with E-state index in [0.29, 0.717) is 13.2 Å². The van der Waals surface area contributed by atoms with Crippen molar-refractivity contribution in [3.05, 3.63) is 23.8 Å². The van der Waals surface area contributed by atoms with Crippen molar-refractivity contribution < 1.29 is 9.53 Å². The SMILES string of the molecule is CCOC(=O)CNCc1cnc(C)cn1. The zero-order valence-corrected chi connectivity index (χ0v) is 8.99. The van der Waals surface area contributed by atoms with Gasteiger partial charge in [-0.05, 0) is 13.8 Å². The maximum atomic E-state index is 11.0. The number of hydrogen-bond acceptors (Lipinski definition) is 5. The van der Waals surface area contributed by atoms with Crippen LogP contribution in [0, 0.1) is 6.92 Å². The van der Waals surface area contributed by atoms with E-state index in [9.17, 15) is 4.79 Å². The average Bonchev–Trinajstić information content (AvgIpc) is 2.21. The Kier molecular flexibility index (Phi) is 4.70. The highest BCUT2D eigenvalue weighted by molar-refractivity contribution is 5.71. The van der Waals surface area contributed by atoms with E-state index in [1.807, 2.05) is 6.92 Å². The van der Waals surface area contributed by atoms with Crippen LogP contribution < -0.4 is 5.32 Å². The van der Waals surface area contributed by atoms with Crippen molar-refractivity contribution in [3.8, 4) is 0 Å². The van der Waals surface area contributed by atoms with E-state index in [1.165, 1.54) is 0 Å². The molecule has 0 aliphatic rings. The molecule has 0 atom stereocenters. The Balaban J connectivity index is 2.26. The summed E-state index contributed by atoms with van der Waals surface area (Å²) < 4.78 is 4.76. The number of aromatic nitrogens is 2. The second-order valence-electron chi connectivity index (χ2n) is 3.06. The number of carbonyl (C=O) groups is 1. The maximum Gasteiger partial charge on any atom is 0.319 e. The van der Waals surface area contributed by atoms with Crippen LogP contribution in [-0.4, -0.2) is 29.1 Å². The molecule has 0 fully saturated rings. The fourth-order valence-corrected chi connectivity index (χ4v) is 1.02. The summed E-state index contributed by atoms with van der Waals surface area (Å²) in [5.74, 6) is -0.252. The van der Waals surface area contributed by atoms with E-state index >= 15 is 0 Å². The van der Waals surface area contributed by atoms with Crippen molar-refractivity contribution in [2.75, 3.05) is 13.2 Å². The Morgan fingerprint density at radius 1 is 1.47 bits per heavy atom. The first-order valence-corrected chi connectivity index (χ1v) is 4.86. The molecule has 82 valence electrons. The van der Waals surface area contributed by atoms with Crippen molar-refractivity contribution in [2.45, 2.75) is 20.4 Å². The maximum absolute atomic E-state index is 11.0. The molecule has 0 saturated heterocycles. The topological polar surface area (TPSA) is 64.1 Å². The van der Waals surface area contributed by atoms with E-state index in [-0.39, 0.29) is 12.5 Å². The number of carbonyl (C=O) groups excluding carboxylic acids is 1. The fourth-order valence-electron chi connectivity index (χ4n) is 1.02. The Bertz CT molecular complexity index is 311. The summed E-state index contributed by atoms with van der Waals surface area (Å²) in [6.07, 6.45) is 3.38. The second kappa shape index (κ2) is 6.08. The molecule has 5 heteroatoms. The molecule has 1 aromatic rings. The molecule has 1 heterocycles. The van der Waals surface area contributed by atoms with Crippen LogP contribution in [0.4, 0.5) is 0 Å². The molecule has 15 heavy (non-hydrogen) atoms. The lowest BCUT2D eigenvalue weighted by Crippen LogP contribution is -2.24. The minimum atomic E-state index is -0.252. The lowest BCUT2D eigenvalue weighted by Gasteiger charge is -2.03. The molecule has 0 aliphatic heterocycles. The highest BCUT2D eigenvalue weighted by Gasteiger charge is 2.00. The van der Waals surface area contributed by atoms with Crippen LogP contribution in [0.3, 0.4) is 0 Å². The highest BCUT2D eigenvalue weighted by atomic mass is 16.5. The lowest BCUT2D eigenvalue weighted by atomic mass is 10.4. The molecule has 0 unspecified atom stereocenters. The quantitative estimate of drug-likeness (QED) is 0.713. The monoisotopic (exact) mass is 209 g/mol. The van der Waals surface area contributed by atoms with Gasteiger partial charge in [-0.2, -0.15) is 0 Å². The largest absolute Gasteiger partial charge is 0.465 e. The van der Waals surface area contributed by atoms with Gasteiger partial charge in [0.05, 0.1) is 24.5 Å². The third kappa shape index (κ3) is 4.51. The zero-order chi connectivity index (χ0) is 11.1. The van der Waals surface area contributed by atoms with Crippen molar-refractivity contribution >= 4 is 5.97 Å². The molecular weight excluding hydrogens is 194 g/mol. The number of nitrogens with one attached hydrogen (secondary N) is 1. The third-order valence-electron chi connectivity index (χ3n) is 1.72. The third-order valence-corrected chi connectivity index (χ3v) is 1.72. The van der Waals surface area contributed by atoms with Crippen LogP contribution in [0.15, 0.2) is 12.4 Å². The molecule has 0 bridgehead atoms. The van der Waals surface area contributed by atoms with Gasteiger partial charge in [-0.1, -0.05) is 0 Å². The number of esters is 1. The molecule has 0 aliphatic carbocycles. The van der Waals surface area contributed by atoms with Crippen LogP contribution in [0.2, 0.25) is 0 Å². The minimum Gasteiger partial charge on any atom is -0.465 e. The molecule has 0 radical (unpaired) electrons. The molecule has 5 nitrogen and oxygen atoms in total. The predicted molar refractivity (Wildman–Crippen MR) is 55.1 cm³/mol. The Morgan fingerprint density at radius 3 is 2.87 bits per heavy atom. The standard InChI is InChI=1S/C10H15N3O2/c1-3-15-10(14)7-11-5-9-6-12-8(2)4-13-9/h4,6,11H,3,5,7H2,1-2H3. The Labute approximate surface area is 88.9 Å². The molecule has 1 aromatic heterocycles. The number of rotatable bonds is 5. The molecule has 1 N–H and O–H groups in total. The number of aryl methyl sites for hydroxylation is 1. The fraction of sp³-hybridized carbons (Fsp3) is 0.500. The molecular formula is C10H15N3O2. The highest BCUT2D eigenvalue weighted by Crippen LogP contribution is 1.92. The van der Waals surface area contributed by atoms with Crippen molar-refractivity contribution in [3.63, 3.8) is 0 Å². The van der Waals surface area contributed by atoms with Gasteiger partial charge in [-0.3, -0.25) is 14.8 Å². The summed E-state index contributed by atoms with van der Waals surface area (Å²) in [7, 11) is 0. The summed E-state index contributed by atoms with van der Waals surface area (Å²) in [4.78, 5) is 19.2. The van der Waals surface area contributed by atoms with Gasteiger partial charge in [0.25, 0.3) is 0 Å². The van der Waals surface area contributed by atoms with Gasteiger partial charge in [-0.15, -0.1) is 0 Å². The minimum absolute atomic E-state index is 0.198. The van der Waals surface area contributed by atoms with Crippen LogP contribution >= 0.6 is 0 Å². The van der Waals surface area contributed by atoms with E-state index in [2.05, 4.69) is 15.3 Å². The summed E-state index contributed by atoms with van der Waals surface area (Å²) >= 11 is 0. The summed E-state index contributed by atoms with van der Waals surface area (Å²) in [5, 5.41) is 2.93. The van der Waals surface area contributed by atoms with E-state index in [1.54, 1.807) is 19.3 Å². The van der Waals surface area contributed by atoms with E-state index in [0.717, 1.165) is 11.4 Å². The van der Waals surface area contributed by atoms with Gasteiger partial charge in [0.1, 0.15) is 0 Å². The summed E-state index contributed by atoms with van der Waals surface area (Å²) in [6, 6.07) is 0. The van der Waals surface area contributed by atoms with Gasteiger partial charge in [0.2, 0.25) is 0 Å². The summed E-state index contributed by atoms with van der Waals surface area (Å²) in [5.41, 5.74) is 1.69. The first-order valence-electron chi connectivity index (χ1n) is 4.86. The molecule has 0 amide bonds. The Hall–Kier alpha value is -1.49. The van der Waals surface area contributed by atoms with Crippen LogP contribution in [0.1, 0.15) is 18.3 Å². The first kappa shape index (κ1) is 11.6. The normalized spacial score (nSPS) is 10.0. The van der Waals surface area contributed by atoms with Crippen molar-refractivity contribution in [1.82, 2.24) is 15.3 Å². The van der Waals surface area contributed by atoms with Crippen molar-refractivity contribution in [2.24, 2.45) is 0 Å². The van der Waals surface area contributed by atoms with Gasteiger partial charge in [-0.25, -0.2) is 0 Å². The smallest absolute Gasteiger partial charge is 0.319 e. The second-order valence-corrected chi connectivity index (χ2v) is 3.06. The number of nitrogens with zero attached hydrogens (tertiary/aromatic N) is 2. The van der Waals surface area contributed by atoms with E-state index in [4.69, 9.17) is 4.74 Å². The zero-order valence-electron chi connectivity index (χ0n) is 8.99. The van der Waals surface area contributed by atoms with Crippen LogP contribution in [-0.2, 0) is 16.1 Å². The molecule has 0 spiro atoms. The average molecular weight is 209 g/mol. The van der Waals surface area contributed by atoms with Crippen LogP contribution in [0.5, 0.6) is 0 Å². The Morgan fingerprint density at radius 2 is 2.27 bits per heavy atom. The van der Waals surface area contributed by atoms with Gasteiger partial charge in [0, 0.05) is 18.9 Å². The predicted octanol–water partition coefficient (Wildman–Crippen LogP) is 0.438. The van der Waals surface area contributed by atoms with E-state index < -0.39 is 0 Å². The molecule has 1 rings (SSSR count). The summed E-state index contributed by atoms with van der Waals surface area (Å²) in [6.45, 7) is 4.78. The number of hydrogen-bond donors (Lipinski definition) is 1. The van der Waals surface area contributed by atoms with Gasteiger partial charge in [0.15, 0.2) is 0 Å². The lowest BCUT2D eigenvalue weighted by molar-refractivity contribution is -0.142. The van der Waals surface area contributed by atoms with Gasteiger partial charge >= 0.3 is 5.97 Å². The first-order chi connectivity index (χ1) is 7.22. The van der Waals surface area contributed by atoms with Crippen molar-refractivity contribution in [1.29, 1.82) is 0 Å². The van der Waals surface area contributed by atoms with Gasteiger partial charge < -0.3 is 10.1 Å². The van der Waals surface area contributed by atoms with Crippen LogP contribution in [0.25, 0.3) is 0 Å². The molecule has 0 aromatic carbocycles. The molecule has 0 saturated carbocycles. The number of ether oxygens (including phenoxy) is 1.